The van der Waals surface area contributed by atoms with Crippen LogP contribution < -0.4 is 20.9 Å². The first-order chi connectivity index (χ1) is 15.5. The van der Waals surface area contributed by atoms with Gasteiger partial charge in [0, 0.05) is 12.3 Å². The van der Waals surface area contributed by atoms with Gasteiger partial charge in [-0.15, -0.1) is 6.42 Å². The van der Waals surface area contributed by atoms with Crippen molar-refractivity contribution in [2.24, 2.45) is 5.92 Å². The molecule has 10 nitrogen and oxygen atoms in total. The Morgan fingerprint density at radius 1 is 1.34 bits per heavy atom. The zero-order chi connectivity index (χ0) is 22.9. The number of nitrogens with zero attached hydrogens (tertiary/aromatic N) is 1. The van der Waals surface area contributed by atoms with Gasteiger partial charge in [-0.2, -0.15) is 0 Å². The van der Waals surface area contributed by atoms with E-state index in [1.807, 2.05) is 18.2 Å². The summed E-state index contributed by atoms with van der Waals surface area (Å²) in [5, 5.41) is 2.92. The predicted octanol–water partition coefficient (Wildman–Crippen LogP) is 1.55. The molecule has 170 valence electrons. The van der Waals surface area contributed by atoms with E-state index in [2.05, 4.69) is 16.0 Å². The molecule has 0 saturated carbocycles. The second-order valence-corrected chi connectivity index (χ2v) is 8.04. The lowest BCUT2D eigenvalue weighted by Gasteiger charge is -2.21. The molecule has 1 aliphatic heterocycles. The van der Waals surface area contributed by atoms with Gasteiger partial charge in [-0.1, -0.05) is 24.1 Å². The van der Waals surface area contributed by atoms with Crippen molar-refractivity contribution in [3.8, 4) is 18.1 Å². The van der Waals surface area contributed by atoms with Gasteiger partial charge in [0.05, 0.1) is 25.2 Å². The van der Waals surface area contributed by atoms with Crippen LogP contribution in [0.2, 0.25) is 0 Å². The molecule has 1 saturated heterocycles. The van der Waals surface area contributed by atoms with Crippen molar-refractivity contribution in [1.29, 1.82) is 0 Å². The van der Waals surface area contributed by atoms with Gasteiger partial charge in [0.1, 0.15) is 12.3 Å². The second-order valence-electron chi connectivity index (χ2n) is 6.77. The molecule has 0 amide bonds. The summed E-state index contributed by atoms with van der Waals surface area (Å²) in [6, 6.07) is 10.3. The van der Waals surface area contributed by atoms with Crippen LogP contribution in [0.4, 0.5) is 0 Å². The SMILES string of the molecule is C#CC1CC(COP(NCC(=O)OCC)Oc2ccccc2)OC1n1ccc(=O)[nH]c1=O. The number of aromatic amines is 1. The molecule has 2 N–H and O–H groups in total. The van der Waals surface area contributed by atoms with Crippen molar-refractivity contribution < 1.29 is 23.3 Å². The maximum atomic E-state index is 12.1. The van der Waals surface area contributed by atoms with E-state index in [1.165, 1.54) is 16.8 Å². The van der Waals surface area contributed by atoms with Crippen LogP contribution in [0, 0.1) is 18.3 Å². The molecule has 0 radical (unpaired) electrons. The summed E-state index contributed by atoms with van der Waals surface area (Å²) < 4.78 is 23.8. The third-order valence-corrected chi connectivity index (χ3v) is 5.68. The minimum absolute atomic E-state index is 0.0831. The van der Waals surface area contributed by atoms with E-state index in [4.69, 9.17) is 24.9 Å². The molecule has 1 fully saturated rings. The third-order valence-electron chi connectivity index (χ3n) is 4.50. The average Bonchev–Trinajstić information content (AvgIpc) is 3.19. The number of para-hydroxylation sites is 1. The van der Waals surface area contributed by atoms with E-state index in [0.717, 1.165) is 0 Å². The van der Waals surface area contributed by atoms with Gasteiger partial charge in [0.15, 0.2) is 6.23 Å². The number of rotatable bonds is 10. The first-order valence-electron chi connectivity index (χ1n) is 9.98. The topological polar surface area (TPSA) is 121 Å². The number of nitrogens with one attached hydrogen (secondary N) is 2. The third kappa shape index (κ3) is 6.52. The number of hydrogen-bond acceptors (Lipinski definition) is 8. The van der Waals surface area contributed by atoms with Crippen molar-refractivity contribution in [2.45, 2.75) is 25.7 Å². The number of aromatic nitrogens is 2. The standard InChI is InChI=1S/C21H24N3O7P/c1-3-15-12-17(30-20(15)24-11-10-18(25)23-21(24)27)14-29-32(22-13-19(26)28-4-2)31-16-8-6-5-7-9-16/h1,5-11,15,17,20,22H,4,12-14H2,2H3,(H,23,25,27). The maximum absolute atomic E-state index is 12.1. The van der Waals surface area contributed by atoms with Crippen LogP contribution in [-0.2, 0) is 18.8 Å². The summed E-state index contributed by atoms with van der Waals surface area (Å²) in [5.41, 5.74) is -1.10. The van der Waals surface area contributed by atoms with Crippen LogP contribution in [0.25, 0.3) is 0 Å². The fourth-order valence-corrected chi connectivity index (χ4v) is 4.15. The first-order valence-corrected chi connectivity index (χ1v) is 11.2. The van der Waals surface area contributed by atoms with Crippen molar-refractivity contribution in [1.82, 2.24) is 14.6 Å². The number of hydrogen-bond donors (Lipinski definition) is 2. The van der Waals surface area contributed by atoms with E-state index < -0.39 is 38.1 Å². The predicted molar refractivity (Wildman–Crippen MR) is 117 cm³/mol. The highest BCUT2D eigenvalue weighted by Gasteiger charge is 2.36. The molecule has 0 aliphatic carbocycles. The Labute approximate surface area is 185 Å². The van der Waals surface area contributed by atoms with Crippen LogP contribution >= 0.6 is 8.53 Å². The van der Waals surface area contributed by atoms with Crippen molar-refractivity contribution >= 4 is 14.5 Å². The molecule has 11 heteroatoms. The lowest BCUT2D eigenvalue weighted by Crippen LogP contribution is -2.33. The van der Waals surface area contributed by atoms with Gasteiger partial charge in [-0.25, -0.2) is 9.88 Å². The van der Waals surface area contributed by atoms with Crippen molar-refractivity contribution in [2.75, 3.05) is 19.8 Å². The van der Waals surface area contributed by atoms with Gasteiger partial charge in [0.25, 0.3) is 5.56 Å². The van der Waals surface area contributed by atoms with Crippen LogP contribution in [-0.4, -0.2) is 41.4 Å². The van der Waals surface area contributed by atoms with Gasteiger partial charge in [0.2, 0.25) is 0 Å². The number of terminal acetylenes is 1. The number of carbonyl (C=O) groups excluding carboxylic acids is 1. The number of benzene rings is 1. The summed E-state index contributed by atoms with van der Waals surface area (Å²) in [6.07, 6.45) is 6.27. The van der Waals surface area contributed by atoms with Crippen molar-refractivity contribution in [3.05, 3.63) is 63.4 Å². The summed E-state index contributed by atoms with van der Waals surface area (Å²) in [7, 11) is -1.69. The maximum Gasteiger partial charge on any atom is 0.330 e. The molecule has 1 aromatic carbocycles. The Morgan fingerprint density at radius 2 is 2.12 bits per heavy atom. The van der Waals surface area contributed by atoms with E-state index in [1.54, 1.807) is 19.1 Å². The molecular weight excluding hydrogens is 437 g/mol. The molecule has 4 unspecified atom stereocenters. The molecule has 1 aliphatic rings. The van der Waals surface area contributed by atoms with Gasteiger partial charge in [-0.05, 0) is 25.5 Å². The Balaban J connectivity index is 1.63. The fourth-order valence-electron chi connectivity index (χ4n) is 3.07. The molecule has 2 heterocycles. The largest absolute Gasteiger partial charge is 0.465 e. The molecule has 3 rings (SSSR count). The highest BCUT2D eigenvalue weighted by Crippen LogP contribution is 2.38. The number of carbonyl (C=O) groups is 1. The fraction of sp³-hybridized carbons (Fsp3) is 0.381. The minimum Gasteiger partial charge on any atom is -0.465 e. The van der Waals surface area contributed by atoms with Crippen LogP contribution in [0.1, 0.15) is 19.6 Å². The van der Waals surface area contributed by atoms with Gasteiger partial charge < -0.3 is 18.5 Å². The highest BCUT2D eigenvalue weighted by molar-refractivity contribution is 7.45. The van der Waals surface area contributed by atoms with Crippen molar-refractivity contribution in [3.63, 3.8) is 0 Å². The lowest BCUT2D eigenvalue weighted by atomic mass is 10.0. The Bertz CT molecular complexity index is 1050. The van der Waals surface area contributed by atoms with E-state index in [9.17, 15) is 14.4 Å². The van der Waals surface area contributed by atoms with E-state index in [0.29, 0.717) is 12.2 Å². The van der Waals surface area contributed by atoms with Gasteiger partial charge >= 0.3 is 20.2 Å². The smallest absolute Gasteiger partial charge is 0.330 e. The Morgan fingerprint density at radius 3 is 2.81 bits per heavy atom. The first kappa shape index (κ1) is 23.7. The second kappa shape index (κ2) is 11.6. The van der Waals surface area contributed by atoms with Crippen LogP contribution in [0.3, 0.4) is 0 Å². The molecule has 0 spiro atoms. The summed E-state index contributed by atoms with van der Waals surface area (Å²) in [6.45, 7) is 2.02. The summed E-state index contributed by atoms with van der Waals surface area (Å²) in [4.78, 5) is 37.4. The lowest BCUT2D eigenvalue weighted by molar-refractivity contribution is -0.141. The normalized spacial score (nSPS) is 20.9. The molecule has 0 bridgehead atoms. The zero-order valence-electron chi connectivity index (χ0n) is 17.4. The molecule has 4 atom stereocenters. The average molecular weight is 461 g/mol. The van der Waals surface area contributed by atoms with E-state index in [-0.39, 0.29) is 25.7 Å². The van der Waals surface area contributed by atoms with Crippen LogP contribution in [0.15, 0.2) is 52.2 Å². The number of ether oxygens (including phenoxy) is 2. The highest BCUT2D eigenvalue weighted by atomic mass is 31.2. The minimum atomic E-state index is -1.69. The Kier molecular flexibility index (Phi) is 8.59. The molecule has 32 heavy (non-hydrogen) atoms. The quantitative estimate of drug-likeness (QED) is 0.311. The van der Waals surface area contributed by atoms with E-state index >= 15 is 0 Å². The summed E-state index contributed by atoms with van der Waals surface area (Å²) in [5.74, 6) is 2.39. The molecule has 2 aromatic rings. The number of H-pyrrole nitrogens is 1. The van der Waals surface area contributed by atoms with Gasteiger partial charge in [-0.3, -0.25) is 19.1 Å². The monoisotopic (exact) mass is 461 g/mol. The zero-order valence-corrected chi connectivity index (χ0v) is 18.3. The molecular formula is C21H24N3O7P. The Hall–Kier alpha value is -2.96. The molecule has 1 aromatic heterocycles. The van der Waals surface area contributed by atoms with Crippen LogP contribution in [0.5, 0.6) is 5.75 Å². The summed E-state index contributed by atoms with van der Waals surface area (Å²) >= 11 is 0. The number of esters is 1.